The summed E-state index contributed by atoms with van der Waals surface area (Å²) >= 11 is 3.40. The van der Waals surface area contributed by atoms with Gasteiger partial charge >= 0.3 is 0 Å². The van der Waals surface area contributed by atoms with Crippen molar-refractivity contribution in [3.63, 3.8) is 0 Å². The van der Waals surface area contributed by atoms with Crippen molar-refractivity contribution in [2.24, 2.45) is 0 Å². The highest BCUT2D eigenvalue weighted by molar-refractivity contribution is 9.10. The van der Waals surface area contributed by atoms with Gasteiger partial charge in [0.15, 0.2) is 0 Å². The normalized spacial score (nSPS) is 16.5. The minimum Gasteiger partial charge on any atom is -0.238 e. The van der Waals surface area contributed by atoms with Crippen LogP contribution in [-0.2, 0) is 6.42 Å². The lowest BCUT2D eigenvalue weighted by Crippen LogP contribution is -1.97. The molecule has 0 saturated heterocycles. The summed E-state index contributed by atoms with van der Waals surface area (Å²) in [6.45, 7) is 2.08. The van der Waals surface area contributed by atoms with E-state index in [0.717, 1.165) is 22.8 Å². The number of nitrogens with zero attached hydrogens (tertiary/aromatic N) is 2. The van der Waals surface area contributed by atoms with Gasteiger partial charge in [0.05, 0.1) is 0 Å². The number of hydrogen-bond acceptors (Lipinski definition) is 2. The first-order valence-corrected chi connectivity index (χ1v) is 5.12. The van der Waals surface area contributed by atoms with Crippen LogP contribution in [0.1, 0.15) is 37.2 Å². The van der Waals surface area contributed by atoms with Gasteiger partial charge in [0.1, 0.15) is 10.4 Å². The van der Waals surface area contributed by atoms with E-state index in [4.69, 9.17) is 0 Å². The summed E-state index contributed by atoms with van der Waals surface area (Å²) in [4.78, 5) is 8.74. The van der Waals surface area contributed by atoms with E-state index in [9.17, 15) is 0 Å². The summed E-state index contributed by atoms with van der Waals surface area (Å²) in [5.41, 5.74) is 1.22. The number of rotatable bonds is 2. The Bertz CT molecular complexity index is 295. The van der Waals surface area contributed by atoms with Crippen molar-refractivity contribution in [3.05, 3.63) is 22.2 Å². The third-order valence-corrected chi connectivity index (χ3v) is 2.48. The summed E-state index contributed by atoms with van der Waals surface area (Å²) in [6.07, 6.45) is 3.51. The predicted octanol–water partition coefficient (Wildman–Crippen LogP) is 2.68. The highest BCUT2D eigenvalue weighted by Crippen LogP contribution is 2.39. The second-order valence-corrected chi connectivity index (χ2v) is 3.97. The van der Waals surface area contributed by atoms with Crippen LogP contribution in [-0.4, -0.2) is 9.97 Å². The molecule has 1 fully saturated rings. The number of hydrogen-bond donors (Lipinski definition) is 0. The van der Waals surface area contributed by atoms with Crippen LogP contribution in [0.2, 0.25) is 0 Å². The van der Waals surface area contributed by atoms with E-state index in [1.807, 2.05) is 6.07 Å². The Morgan fingerprint density at radius 1 is 1.50 bits per heavy atom. The van der Waals surface area contributed by atoms with Crippen molar-refractivity contribution in [1.29, 1.82) is 0 Å². The SMILES string of the molecule is CCc1nc(Br)cc(C2CC2)n1. The van der Waals surface area contributed by atoms with Crippen LogP contribution in [0.15, 0.2) is 10.7 Å². The fourth-order valence-corrected chi connectivity index (χ4v) is 1.67. The minimum atomic E-state index is 0.717. The van der Waals surface area contributed by atoms with E-state index in [1.165, 1.54) is 18.5 Å². The maximum absolute atomic E-state index is 4.47. The van der Waals surface area contributed by atoms with E-state index in [-0.39, 0.29) is 0 Å². The van der Waals surface area contributed by atoms with Gasteiger partial charge < -0.3 is 0 Å². The lowest BCUT2D eigenvalue weighted by molar-refractivity contribution is 0.872. The average molecular weight is 227 g/mol. The maximum atomic E-state index is 4.47. The van der Waals surface area contributed by atoms with E-state index in [2.05, 4.69) is 32.8 Å². The second kappa shape index (κ2) is 3.13. The fraction of sp³-hybridized carbons (Fsp3) is 0.556. The van der Waals surface area contributed by atoms with Gasteiger partial charge in [-0.1, -0.05) is 6.92 Å². The molecule has 0 aromatic carbocycles. The highest BCUT2D eigenvalue weighted by atomic mass is 79.9. The molecule has 1 aromatic heterocycles. The maximum Gasteiger partial charge on any atom is 0.129 e. The molecule has 2 nitrogen and oxygen atoms in total. The van der Waals surface area contributed by atoms with E-state index in [1.54, 1.807) is 0 Å². The van der Waals surface area contributed by atoms with Crippen molar-refractivity contribution in [1.82, 2.24) is 9.97 Å². The van der Waals surface area contributed by atoms with Crippen molar-refractivity contribution < 1.29 is 0 Å². The topological polar surface area (TPSA) is 25.8 Å². The van der Waals surface area contributed by atoms with Crippen molar-refractivity contribution in [3.8, 4) is 0 Å². The Hall–Kier alpha value is -0.440. The first kappa shape index (κ1) is 8.17. The summed E-state index contributed by atoms with van der Waals surface area (Å²) in [5.74, 6) is 1.67. The second-order valence-electron chi connectivity index (χ2n) is 3.16. The third-order valence-electron chi connectivity index (χ3n) is 2.07. The molecule has 1 aliphatic carbocycles. The fourth-order valence-electron chi connectivity index (χ4n) is 1.23. The molecule has 1 aliphatic rings. The number of halogens is 1. The van der Waals surface area contributed by atoms with Gasteiger partial charge in [0, 0.05) is 18.0 Å². The number of aryl methyl sites for hydroxylation is 1. The van der Waals surface area contributed by atoms with Crippen LogP contribution in [0.25, 0.3) is 0 Å². The zero-order chi connectivity index (χ0) is 8.55. The number of aromatic nitrogens is 2. The summed E-state index contributed by atoms with van der Waals surface area (Å²) in [5, 5.41) is 0. The molecule has 0 unspecified atom stereocenters. The molecule has 3 heteroatoms. The highest BCUT2D eigenvalue weighted by Gasteiger charge is 2.25. The van der Waals surface area contributed by atoms with Gasteiger partial charge in [-0.2, -0.15) is 0 Å². The standard InChI is InChI=1S/C9H11BrN2/c1-2-9-11-7(6-3-4-6)5-8(10)12-9/h5-6H,2-4H2,1H3. The zero-order valence-corrected chi connectivity index (χ0v) is 8.63. The molecule has 0 radical (unpaired) electrons. The Morgan fingerprint density at radius 3 is 2.83 bits per heavy atom. The molecule has 0 atom stereocenters. The summed E-state index contributed by atoms with van der Waals surface area (Å²) < 4.78 is 0.927. The Kier molecular flexibility index (Phi) is 2.13. The van der Waals surface area contributed by atoms with Crippen LogP contribution in [0.5, 0.6) is 0 Å². The third kappa shape index (κ3) is 1.66. The molecule has 0 spiro atoms. The molecular formula is C9H11BrN2. The van der Waals surface area contributed by atoms with Crippen LogP contribution >= 0.6 is 15.9 Å². The van der Waals surface area contributed by atoms with Crippen LogP contribution in [0.4, 0.5) is 0 Å². The molecule has 12 heavy (non-hydrogen) atoms. The first-order valence-electron chi connectivity index (χ1n) is 4.33. The smallest absolute Gasteiger partial charge is 0.129 e. The van der Waals surface area contributed by atoms with Crippen LogP contribution in [0, 0.1) is 0 Å². The van der Waals surface area contributed by atoms with Gasteiger partial charge in [-0.25, -0.2) is 9.97 Å². The van der Waals surface area contributed by atoms with Gasteiger partial charge in [0.2, 0.25) is 0 Å². The Morgan fingerprint density at radius 2 is 2.25 bits per heavy atom. The summed E-state index contributed by atoms with van der Waals surface area (Å²) in [7, 11) is 0. The quantitative estimate of drug-likeness (QED) is 0.726. The van der Waals surface area contributed by atoms with Crippen molar-refractivity contribution in [2.45, 2.75) is 32.1 Å². The lowest BCUT2D eigenvalue weighted by Gasteiger charge is -2.01. The van der Waals surface area contributed by atoms with Gasteiger partial charge in [-0.05, 0) is 34.8 Å². The van der Waals surface area contributed by atoms with Crippen molar-refractivity contribution >= 4 is 15.9 Å². The minimum absolute atomic E-state index is 0.717. The molecule has 1 saturated carbocycles. The van der Waals surface area contributed by atoms with Gasteiger partial charge in [-0.3, -0.25) is 0 Å². The summed E-state index contributed by atoms with van der Waals surface area (Å²) in [6, 6.07) is 2.04. The first-order chi connectivity index (χ1) is 5.79. The molecule has 2 rings (SSSR count). The van der Waals surface area contributed by atoms with E-state index >= 15 is 0 Å². The molecule has 0 N–H and O–H groups in total. The largest absolute Gasteiger partial charge is 0.238 e. The molecular weight excluding hydrogens is 216 g/mol. The van der Waals surface area contributed by atoms with Crippen molar-refractivity contribution in [2.75, 3.05) is 0 Å². The van der Waals surface area contributed by atoms with Crippen LogP contribution in [0.3, 0.4) is 0 Å². The molecule has 64 valence electrons. The monoisotopic (exact) mass is 226 g/mol. The molecule has 1 aromatic rings. The van der Waals surface area contributed by atoms with Crippen LogP contribution < -0.4 is 0 Å². The molecule has 0 amide bonds. The average Bonchev–Trinajstić information content (AvgIpc) is 2.85. The lowest BCUT2D eigenvalue weighted by atomic mass is 10.3. The van der Waals surface area contributed by atoms with Gasteiger partial charge in [-0.15, -0.1) is 0 Å². The predicted molar refractivity (Wildman–Crippen MR) is 51.1 cm³/mol. The molecule has 0 bridgehead atoms. The Labute approximate surface area is 80.6 Å². The molecule has 0 aliphatic heterocycles. The Balaban J connectivity index is 2.34. The van der Waals surface area contributed by atoms with E-state index < -0.39 is 0 Å². The zero-order valence-electron chi connectivity index (χ0n) is 7.05. The molecule has 1 heterocycles. The van der Waals surface area contributed by atoms with E-state index in [0.29, 0.717) is 0 Å². The van der Waals surface area contributed by atoms with Gasteiger partial charge in [0.25, 0.3) is 0 Å².